The number of carbonyl (C=O) groups excluding carboxylic acids is 3. The summed E-state index contributed by atoms with van der Waals surface area (Å²) in [6.45, 7) is 3.18. The van der Waals surface area contributed by atoms with Crippen molar-refractivity contribution in [3.63, 3.8) is 0 Å². The molecule has 0 atom stereocenters. The van der Waals surface area contributed by atoms with Gasteiger partial charge in [-0.1, -0.05) is 0 Å². The van der Waals surface area contributed by atoms with Crippen LogP contribution >= 0.6 is 11.8 Å². The van der Waals surface area contributed by atoms with Gasteiger partial charge in [-0.05, 0) is 18.7 Å². The van der Waals surface area contributed by atoms with Crippen molar-refractivity contribution in [2.45, 2.75) is 13.8 Å². The number of hydrogen-bond donors (Lipinski definition) is 1. The Labute approximate surface area is 80.2 Å². The lowest BCUT2D eigenvalue weighted by Crippen LogP contribution is -2.29. The van der Waals surface area contributed by atoms with E-state index in [-0.39, 0.29) is 12.4 Å². The zero-order valence-electron chi connectivity index (χ0n) is 7.46. The van der Waals surface area contributed by atoms with E-state index in [1.54, 1.807) is 6.92 Å². The molecule has 74 valence electrons. The van der Waals surface area contributed by atoms with E-state index in [0.717, 1.165) is 11.8 Å². The van der Waals surface area contributed by atoms with E-state index in [2.05, 4.69) is 4.74 Å². The average molecular weight is 205 g/mol. The molecule has 0 aliphatic carbocycles. The Kier molecular flexibility index (Phi) is 5.96. The summed E-state index contributed by atoms with van der Waals surface area (Å²) in [6.07, 6.45) is 0. The molecule has 6 heteroatoms. The third-order valence-corrected chi connectivity index (χ3v) is 1.66. The number of carbonyl (C=O) groups is 3. The Balaban J connectivity index is 3.58. The van der Waals surface area contributed by atoms with Gasteiger partial charge in [-0.25, -0.2) is 4.79 Å². The van der Waals surface area contributed by atoms with Crippen LogP contribution in [0.3, 0.4) is 0 Å². The van der Waals surface area contributed by atoms with Crippen LogP contribution in [0.15, 0.2) is 0 Å². The molecule has 0 spiro atoms. The molecule has 0 radical (unpaired) electrons. The average Bonchev–Trinajstić information content (AvgIpc) is 2.00. The molecule has 0 unspecified atom stereocenters. The van der Waals surface area contributed by atoms with Gasteiger partial charge in [-0.2, -0.15) is 0 Å². The Hall–Kier alpha value is -1.04. The van der Waals surface area contributed by atoms with Gasteiger partial charge in [0.05, 0.1) is 12.4 Å². The first-order valence-electron chi connectivity index (χ1n) is 3.66. The maximum atomic E-state index is 10.8. The van der Waals surface area contributed by atoms with Crippen LogP contribution in [-0.4, -0.2) is 29.5 Å². The van der Waals surface area contributed by atoms with Crippen molar-refractivity contribution < 1.29 is 19.1 Å². The number of ether oxygens (including phenoxy) is 1. The summed E-state index contributed by atoms with van der Waals surface area (Å²) in [5, 5.41) is 1.52. The molecule has 0 saturated heterocycles. The van der Waals surface area contributed by atoms with Gasteiger partial charge in [0.2, 0.25) is 11.8 Å². The maximum Gasteiger partial charge on any atom is 0.367 e. The lowest BCUT2D eigenvalue weighted by molar-refractivity contribution is -0.127. The van der Waals surface area contributed by atoms with Gasteiger partial charge in [0.15, 0.2) is 0 Å². The van der Waals surface area contributed by atoms with Crippen LogP contribution in [0.25, 0.3) is 0 Å². The van der Waals surface area contributed by atoms with Gasteiger partial charge in [0.1, 0.15) is 0 Å². The molecule has 0 aromatic carbocycles. The van der Waals surface area contributed by atoms with Gasteiger partial charge in [-0.15, -0.1) is 0 Å². The minimum Gasteiger partial charge on any atom is -0.458 e. The zero-order chi connectivity index (χ0) is 10.3. The van der Waals surface area contributed by atoms with Crippen LogP contribution in [0, 0.1) is 0 Å². The van der Waals surface area contributed by atoms with Crippen molar-refractivity contribution in [3.8, 4) is 0 Å². The summed E-state index contributed by atoms with van der Waals surface area (Å²) in [5.41, 5.74) is 0. The van der Waals surface area contributed by atoms with Crippen molar-refractivity contribution >= 4 is 28.9 Å². The lowest BCUT2D eigenvalue weighted by Gasteiger charge is -2.00. The fraction of sp³-hybridized carbons (Fsp3) is 0.571. The molecule has 0 fully saturated rings. The van der Waals surface area contributed by atoms with Crippen LogP contribution in [0.5, 0.6) is 0 Å². The van der Waals surface area contributed by atoms with E-state index in [1.807, 2.05) is 5.32 Å². The number of thioether (sulfide) groups is 1. The van der Waals surface area contributed by atoms with Crippen molar-refractivity contribution in [2.75, 3.05) is 12.4 Å². The highest BCUT2D eigenvalue weighted by molar-refractivity contribution is 8.13. The van der Waals surface area contributed by atoms with Gasteiger partial charge in [0, 0.05) is 6.92 Å². The van der Waals surface area contributed by atoms with Crippen LogP contribution < -0.4 is 5.32 Å². The molecule has 0 rings (SSSR count). The highest BCUT2D eigenvalue weighted by Crippen LogP contribution is 2.03. The highest BCUT2D eigenvalue weighted by atomic mass is 32.2. The van der Waals surface area contributed by atoms with Gasteiger partial charge < -0.3 is 4.74 Å². The van der Waals surface area contributed by atoms with Crippen molar-refractivity contribution in [3.05, 3.63) is 0 Å². The second kappa shape index (κ2) is 6.47. The number of amides is 2. The second-order valence-corrected chi connectivity index (χ2v) is 2.99. The van der Waals surface area contributed by atoms with Crippen LogP contribution in [0.1, 0.15) is 13.8 Å². The molecule has 0 aromatic rings. The summed E-state index contributed by atoms with van der Waals surface area (Å²) >= 11 is 0.726. The predicted molar refractivity (Wildman–Crippen MR) is 48.3 cm³/mol. The monoisotopic (exact) mass is 205 g/mol. The summed E-state index contributed by atoms with van der Waals surface area (Å²) < 4.78 is 4.56. The molecule has 0 aliphatic heterocycles. The first-order chi connectivity index (χ1) is 6.06. The standard InChI is InChI=1S/C7H11NO4S/c1-3-12-7(11)13-4-6(10)8-5(2)9/h3-4H2,1-2H3,(H,8,9,10). The summed E-state index contributed by atoms with van der Waals surface area (Å²) in [4.78, 5) is 31.9. The molecule has 2 amide bonds. The quantitative estimate of drug-likeness (QED) is 0.681. The van der Waals surface area contributed by atoms with E-state index in [9.17, 15) is 14.4 Å². The van der Waals surface area contributed by atoms with Crippen LogP contribution in [0.2, 0.25) is 0 Å². The zero-order valence-corrected chi connectivity index (χ0v) is 8.27. The summed E-state index contributed by atoms with van der Waals surface area (Å²) in [5.74, 6) is -1.03. The van der Waals surface area contributed by atoms with Gasteiger partial charge in [-0.3, -0.25) is 14.9 Å². The van der Waals surface area contributed by atoms with Crippen molar-refractivity contribution in [2.24, 2.45) is 0 Å². The molecular formula is C7H11NO4S. The maximum absolute atomic E-state index is 10.8. The largest absolute Gasteiger partial charge is 0.458 e. The van der Waals surface area contributed by atoms with E-state index >= 15 is 0 Å². The van der Waals surface area contributed by atoms with Gasteiger partial charge >= 0.3 is 5.30 Å². The SMILES string of the molecule is CCOC(=O)SCC(=O)NC(C)=O. The third-order valence-electron chi connectivity index (χ3n) is 0.899. The van der Waals surface area contributed by atoms with E-state index < -0.39 is 17.1 Å². The summed E-state index contributed by atoms with van der Waals surface area (Å²) in [6, 6.07) is 0. The molecular weight excluding hydrogens is 194 g/mol. The molecule has 0 saturated carbocycles. The Morgan fingerprint density at radius 1 is 1.38 bits per heavy atom. The lowest BCUT2D eigenvalue weighted by atomic mass is 10.6. The fourth-order valence-electron chi connectivity index (χ4n) is 0.516. The molecule has 0 aromatic heterocycles. The minimum atomic E-state index is -0.513. The van der Waals surface area contributed by atoms with E-state index in [4.69, 9.17) is 0 Å². The number of nitrogens with one attached hydrogen (secondary N) is 1. The number of hydrogen-bond acceptors (Lipinski definition) is 5. The third kappa shape index (κ3) is 7.32. The molecule has 1 N–H and O–H groups in total. The van der Waals surface area contributed by atoms with E-state index in [0.29, 0.717) is 0 Å². The Morgan fingerprint density at radius 2 is 2.00 bits per heavy atom. The first-order valence-corrected chi connectivity index (χ1v) is 4.64. The van der Waals surface area contributed by atoms with E-state index in [1.165, 1.54) is 6.92 Å². The molecule has 13 heavy (non-hydrogen) atoms. The van der Waals surface area contributed by atoms with Crippen molar-refractivity contribution in [1.29, 1.82) is 0 Å². The van der Waals surface area contributed by atoms with Crippen LogP contribution in [0.4, 0.5) is 4.79 Å². The molecule has 0 bridgehead atoms. The molecule has 0 heterocycles. The van der Waals surface area contributed by atoms with Crippen LogP contribution in [-0.2, 0) is 14.3 Å². The smallest absolute Gasteiger partial charge is 0.367 e. The first kappa shape index (κ1) is 12.0. The summed E-state index contributed by atoms with van der Waals surface area (Å²) in [7, 11) is 0. The Morgan fingerprint density at radius 3 is 2.46 bits per heavy atom. The van der Waals surface area contributed by atoms with Gasteiger partial charge in [0.25, 0.3) is 0 Å². The predicted octanol–water partition coefficient (Wildman–Crippen LogP) is 0.539. The second-order valence-electron chi connectivity index (χ2n) is 2.08. The topological polar surface area (TPSA) is 72.5 Å². The highest BCUT2D eigenvalue weighted by Gasteiger charge is 2.08. The minimum absolute atomic E-state index is 0.0988. The number of imide groups is 1. The number of rotatable bonds is 3. The normalized spacial score (nSPS) is 9.08. The molecule has 0 aliphatic rings. The Bertz CT molecular complexity index is 217. The van der Waals surface area contributed by atoms with Crippen molar-refractivity contribution in [1.82, 2.24) is 5.32 Å². The molecule has 5 nitrogen and oxygen atoms in total. The fourth-order valence-corrected chi connectivity index (χ4v) is 1.04.